The molecule has 226 valence electrons. The molecule has 0 radical (unpaired) electrons. The lowest BCUT2D eigenvalue weighted by Crippen LogP contribution is -2.44. The summed E-state index contributed by atoms with van der Waals surface area (Å²) in [4.78, 5) is 16.4. The summed E-state index contributed by atoms with van der Waals surface area (Å²) < 4.78 is 38.1. The molecule has 1 aliphatic carbocycles. The van der Waals surface area contributed by atoms with E-state index < -0.39 is 11.6 Å². The normalized spacial score (nSPS) is 19.9. The number of morpholine rings is 1. The van der Waals surface area contributed by atoms with Gasteiger partial charge in [-0.2, -0.15) is 5.10 Å². The van der Waals surface area contributed by atoms with Crippen molar-refractivity contribution in [3.05, 3.63) is 77.4 Å². The molecule has 8 nitrogen and oxygen atoms in total. The maximum Gasteiger partial charge on any atom is 0.137 e. The topological polar surface area (TPSA) is 81.0 Å². The third kappa shape index (κ3) is 4.96. The van der Waals surface area contributed by atoms with E-state index in [0.29, 0.717) is 41.1 Å². The second-order valence-electron chi connectivity index (χ2n) is 12.1. The molecule has 5 aromatic rings. The zero-order chi connectivity index (χ0) is 30.7. The molecule has 0 amide bonds. The molecule has 2 aliphatic rings. The van der Waals surface area contributed by atoms with Gasteiger partial charge in [-0.05, 0) is 51.2 Å². The molecule has 44 heavy (non-hydrogen) atoms. The lowest BCUT2D eigenvalue weighted by molar-refractivity contribution is 0.0232. The van der Waals surface area contributed by atoms with Gasteiger partial charge in [-0.1, -0.05) is 13.0 Å². The van der Waals surface area contributed by atoms with E-state index in [-0.39, 0.29) is 17.0 Å². The van der Waals surface area contributed by atoms with Crippen LogP contribution in [0, 0.1) is 44.2 Å². The number of hydrogen-bond donors (Lipinski definition) is 1. The van der Waals surface area contributed by atoms with Crippen LogP contribution in [0.4, 0.5) is 26.0 Å². The van der Waals surface area contributed by atoms with Crippen molar-refractivity contribution in [2.75, 3.05) is 29.9 Å². The van der Waals surface area contributed by atoms with E-state index >= 15 is 4.39 Å². The molecule has 1 N–H and O–H groups in total. The molecule has 1 aromatic carbocycles. The molecule has 1 aliphatic heterocycles. The molecule has 3 atom stereocenters. The predicted molar refractivity (Wildman–Crippen MR) is 168 cm³/mol. The van der Waals surface area contributed by atoms with Crippen molar-refractivity contribution in [1.29, 1.82) is 0 Å². The van der Waals surface area contributed by atoms with Gasteiger partial charge in [-0.25, -0.2) is 18.7 Å². The highest BCUT2D eigenvalue weighted by molar-refractivity contribution is 5.99. The van der Waals surface area contributed by atoms with Crippen molar-refractivity contribution in [2.45, 2.75) is 40.2 Å². The fourth-order valence-corrected chi connectivity index (χ4v) is 6.54. The van der Waals surface area contributed by atoms with Gasteiger partial charge in [0, 0.05) is 73.1 Å². The number of benzene rings is 1. The standard InChI is InChI=1S/C34H35F2N7O/c1-18-12-23(18)29-17-43(10-11-44-29)30-15-27(24(16-38-30)31-20(3)41-42(5)21(31)4)39-34-19(2)33(26-8-6-7-9-37-26)40-28-14-22(35)13-25(36)32(28)34/h6-9,13-16,18,23,29H,10-12,17H2,1-5H3,(H,38,39,40)/t18?,23-,29?/m0/s1. The third-order valence-corrected chi connectivity index (χ3v) is 9.15. The Balaban J connectivity index is 1.40. The van der Waals surface area contributed by atoms with Crippen molar-refractivity contribution < 1.29 is 13.5 Å². The summed E-state index contributed by atoms with van der Waals surface area (Å²) in [7, 11) is 1.91. The van der Waals surface area contributed by atoms with E-state index in [4.69, 9.17) is 9.72 Å². The Morgan fingerprint density at radius 3 is 2.59 bits per heavy atom. The van der Waals surface area contributed by atoms with E-state index in [9.17, 15) is 4.39 Å². The van der Waals surface area contributed by atoms with Crippen LogP contribution in [0.2, 0.25) is 0 Å². The van der Waals surface area contributed by atoms with Crippen LogP contribution < -0.4 is 10.2 Å². The summed E-state index contributed by atoms with van der Waals surface area (Å²) in [6.45, 7) is 10.3. The lowest BCUT2D eigenvalue weighted by atomic mass is 10.0. The molecule has 0 bridgehead atoms. The van der Waals surface area contributed by atoms with Gasteiger partial charge < -0.3 is 15.0 Å². The molecule has 0 spiro atoms. The molecule has 2 unspecified atom stereocenters. The van der Waals surface area contributed by atoms with Gasteiger partial charge in [-0.15, -0.1) is 0 Å². The Morgan fingerprint density at radius 2 is 1.89 bits per heavy atom. The first-order valence-corrected chi connectivity index (χ1v) is 15.0. The lowest BCUT2D eigenvalue weighted by Gasteiger charge is -2.34. The molecule has 4 aromatic heterocycles. The molecular weight excluding hydrogens is 560 g/mol. The van der Waals surface area contributed by atoms with Crippen LogP contribution in [0.1, 0.15) is 30.3 Å². The van der Waals surface area contributed by atoms with Crippen LogP contribution in [-0.2, 0) is 11.8 Å². The molecule has 10 heteroatoms. The first kappa shape index (κ1) is 28.3. The number of anilines is 3. The Labute approximate surface area is 255 Å². The van der Waals surface area contributed by atoms with Crippen molar-refractivity contribution in [3.8, 4) is 22.5 Å². The maximum atomic E-state index is 15.6. The van der Waals surface area contributed by atoms with Crippen LogP contribution >= 0.6 is 0 Å². The zero-order valence-corrected chi connectivity index (χ0v) is 25.5. The van der Waals surface area contributed by atoms with E-state index in [1.165, 1.54) is 12.5 Å². The minimum Gasteiger partial charge on any atom is -0.374 e. The number of hydrogen-bond acceptors (Lipinski definition) is 7. The van der Waals surface area contributed by atoms with Gasteiger partial charge in [-0.3, -0.25) is 9.67 Å². The summed E-state index contributed by atoms with van der Waals surface area (Å²) in [5, 5.41) is 8.44. The summed E-state index contributed by atoms with van der Waals surface area (Å²) in [6, 6.07) is 9.71. The maximum absolute atomic E-state index is 15.6. The number of ether oxygens (including phenoxy) is 1. The molecular formula is C34H35F2N7O. The molecule has 5 heterocycles. The van der Waals surface area contributed by atoms with E-state index in [2.05, 4.69) is 32.2 Å². The molecule has 7 rings (SSSR count). The highest BCUT2D eigenvalue weighted by atomic mass is 19.1. The minimum atomic E-state index is -0.690. The number of fused-ring (bicyclic) bond motifs is 1. The molecule has 2 fully saturated rings. The fourth-order valence-electron chi connectivity index (χ4n) is 6.54. The SMILES string of the molecule is Cc1nn(C)c(C)c1-c1cnc(N2CCOC([C@H]3CC3C)C2)cc1Nc1c(C)c(-c2ccccn2)nc2cc(F)cc(F)c12. The van der Waals surface area contributed by atoms with E-state index in [1.54, 1.807) is 6.20 Å². The van der Waals surface area contributed by atoms with Crippen molar-refractivity contribution in [2.24, 2.45) is 18.9 Å². The summed E-state index contributed by atoms with van der Waals surface area (Å²) >= 11 is 0. The average Bonchev–Trinajstić information content (AvgIpc) is 3.69. The van der Waals surface area contributed by atoms with Crippen molar-refractivity contribution in [1.82, 2.24) is 24.7 Å². The number of halogens is 2. The smallest absolute Gasteiger partial charge is 0.137 e. The highest BCUT2D eigenvalue weighted by Crippen LogP contribution is 2.44. The van der Waals surface area contributed by atoms with Crippen LogP contribution in [0.25, 0.3) is 33.4 Å². The fraction of sp³-hybridized carbons (Fsp3) is 0.353. The number of nitrogens with zero attached hydrogens (tertiary/aromatic N) is 6. The zero-order valence-electron chi connectivity index (χ0n) is 25.5. The van der Waals surface area contributed by atoms with Gasteiger partial charge in [0.15, 0.2) is 0 Å². The van der Waals surface area contributed by atoms with E-state index in [0.717, 1.165) is 53.2 Å². The minimum absolute atomic E-state index is 0.177. The van der Waals surface area contributed by atoms with Crippen LogP contribution in [0.5, 0.6) is 0 Å². The first-order valence-electron chi connectivity index (χ1n) is 15.0. The van der Waals surface area contributed by atoms with Crippen LogP contribution in [-0.4, -0.2) is 50.5 Å². The summed E-state index contributed by atoms with van der Waals surface area (Å²) in [5.74, 6) is 0.688. The third-order valence-electron chi connectivity index (χ3n) is 9.15. The second-order valence-corrected chi connectivity index (χ2v) is 12.1. The average molecular weight is 596 g/mol. The Morgan fingerprint density at radius 1 is 1.07 bits per heavy atom. The number of rotatable bonds is 6. The quantitative estimate of drug-likeness (QED) is 0.229. The number of pyridine rings is 3. The highest BCUT2D eigenvalue weighted by Gasteiger charge is 2.42. The molecule has 1 saturated heterocycles. The first-order chi connectivity index (χ1) is 21.2. The van der Waals surface area contributed by atoms with Gasteiger partial charge in [0.25, 0.3) is 0 Å². The number of nitrogens with one attached hydrogen (secondary N) is 1. The Hall–Kier alpha value is -4.44. The number of aromatic nitrogens is 5. The largest absolute Gasteiger partial charge is 0.374 e. The van der Waals surface area contributed by atoms with Crippen LogP contribution in [0.15, 0.2) is 48.8 Å². The Bertz CT molecular complexity index is 1890. The molecule has 1 saturated carbocycles. The summed E-state index contributed by atoms with van der Waals surface area (Å²) in [6.07, 6.45) is 4.92. The number of aryl methyl sites for hydroxylation is 2. The monoisotopic (exact) mass is 595 g/mol. The van der Waals surface area contributed by atoms with Gasteiger partial charge in [0.1, 0.15) is 17.5 Å². The van der Waals surface area contributed by atoms with Crippen LogP contribution in [0.3, 0.4) is 0 Å². The van der Waals surface area contributed by atoms with Gasteiger partial charge in [0.2, 0.25) is 0 Å². The van der Waals surface area contributed by atoms with Gasteiger partial charge >= 0.3 is 0 Å². The second kappa shape index (κ2) is 10.9. The van der Waals surface area contributed by atoms with Crippen molar-refractivity contribution >= 4 is 28.1 Å². The summed E-state index contributed by atoms with van der Waals surface area (Å²) in [5.41, 5.74) is 6.92. The predicted octanol–water partition coefficient (Wildman–Crippen LogP) is 6.90. The van der Waals surface area contributed by atoms with E-state index in [1.807, 2.05) is 63.0 Å². The van der Waals surface area contributed by atoms with Crippen molar-refractivity contribution in [3.63, 3.8) is 0 Å². The van der Waals surface area contributed by atoms with Gasteiger partial charge in [0.05, 0.1) is 52.1 Å². The Kier molecular flexibility index (Phi) is 7.04.